The fourth-order valence-electron chi connectivity index (χ4n) is 1.70. The van der Waals surface area contributed by atoms with Gasteiger partial charge in [-0.25, -0.2) is 4.98 Å². The molecule has 0 aliphatic carbocycles. The highest BCUT2D eigenvalue weighted by atomic mass is 79.9. The van der Waals surface area contributed by atoms with E-state index in [-0.39, 0.29) is 5.91 Å². The Balaban J connectivity index is 2.14. The lowest BCUT2D eigenvalue weighted by molar-refractivity contribution is 0.0715. The number of thioether (sulfide) groups is 1. The second-order valence-electron chi connectivity index (χ2n) is 3.79. The average Bonchev–Trinajstić information content (AvgIpc) is 2.30. The van der Waals surface area contributed by atoms with Gasteiger partial charge in [-0.2, -0.15) is 11.8 Å². The van der Waals surface area contributed by atoms with Gasteiger partial charge in [0, 0.05) is 30.3 Å². The minimum atomic E-state index is 0.0906. The summed E-state index contributed by atoms with van der Waals surface area (Å²) in [7, 11) is 0. The van der Waals surface area contributed by atoms with E-state index in [0.717, 1.165) is 22.7 Å². The molecule has 0 radical (unpaired) electrons. The van der Waals surface area contributed by atoms with Gasteiger partial charge in [-0.3, -0.25) is 4.79 Å². The van der Waals surface area contributed by atoms with Gasteiger partial charge in [0.05, 0.1) is 5.56 Å². The summed E-state index contributed by atoms with van der Waals surface area (Å²) in [6.45, 7) is 2.93. The minimum absolute atomic E-state index is 0.0906. The molecule has 1 fully saturated rings. The van der Waals surface area contributed by atoms with E-state index >= 15 is 0 Å². The molecule has 86 valence electrons. The summed E-state index contributed by atoms with van der Waals surface area (Å²) in [6, 6.07) is 3.93. The maximum atomic E-state index is 12.2. The third kappa shape index (κ3) is 2.58. The molecule has 16 heavy (non-hydrogen) atoms. The van der Waals surface area contributed by atoms with E-state index in [1.54, 1.807) is 12.3 Å². The number of rotatable bonds is 1. The van der Waals surface area contributed by atoms with Crippen molar-refractivity contribution in [3.63, 3.8) is 0 Å². The van der Waals surface area contributed by atoms with E-state index in [2.05, 4.69) is 27.8 Å². The van der Waals surface area contributed by atoms with Crippen LogP contribution in [-0.2, 0) is 0 Å². The first kappa shape index (κ1) is 11.9. The van der Waals surface area contributed by atoms with Crippen molar-refractivity contribution in [2.45, 2.75) is 13.0 Å². The highest BCUT2D eigenvalue weighted by Crippen LogP contribution is 2.18. The van der Waals surface area contributed by atoms with E-state index in [0.29, 0.717) is 11.6 Å². The van der Waals surface area contributed by atoms with E-state index in [1.165, 1.54) is 0 Å². The van der Waals surface area contributed by atoms with Gasteiger partial charge in [0.15, 0.2) is 0 Å². The van der Waals surface area contributed by atoms with Crippen LogP contribution >= 0.6 is 27.7 Å². The van der Waals surface area contributed by atoms with Crippen molar-refractivity contribution in [3.8, 4) is 0 Å². The van der Waals surface area contributed by atoms with Crippen molar-refractivity contribution in [1.29, 1.82) is 0 Å². The molecule has 2 rings (SSSR count). The minimum Gasteiger partial charge on any atom is -0.334 e. The number of amides is 1. The second-order valence-corrected chi connectivity index (χ2v) is 5.75. The zero-order valence-corrected chi connectivity index (χ0v) is 11.4. The number of hydrogen-bond donors (Lipinski definition) is 0. The first-order valence-corrected chi connectivity index (χ1v) is 7.13. The number of aromatic nitrogens is 1. The summed E-state index contributed by atoms with van der Waals surface area (Å²) in [5.74, 6) is 2.14. The molecule has 1 aliphatic heterocycles. The van der Waals surface area contributed by atoms with Crippen molar-refractivity contribution < 1.29 is 4.79 Å². The van der Waals surface area contributed by atoms with Crippen LogP contribution < -0.4 is 0 Å². The summed E-state index contributed by atoms with van der Waals surface area (Å²) >= 11 is 5.17. The summed E-state index contributed by atoms with van der Waals surface area (Å²) < 4.78 is 0.756. The first-order valence-electron chi connectivity index (χ1n) is 5.19. The number of hydrogen-bond acceptors (Lipinski definition) is 3. The highest BCUT2D eigenvalue weighted by molar-refractivity contribution is 9.10. The molecule has 5 heteroatoms. The predicted molar refractivity (Wildman–Crippen MR) is 69.8 cm³/mol. The Labute approximate surface area is 108 Å². The SMILES string of the molecule is CC1CSCCN1C(=O)c1ccc(Br)nc1. The summed E-state index contributed by atoms with van der Waals surface area (Å²) in [5.41, 5.74) is 0.668. The van der Waals surface area contributed by atoms with Crippen molar-refractivity contribution in [2.24, 2.45) is 0 Å². The average molecular weight is 301 g/mol. The van der Waals surface area contributed by atoms with Crippen molar-refractivity contribution >= 4 is 33.6 Å². The Morgan fingerprint density at radius 3 is 3.06 bits per heavy atom. The topological polar surface area (TPSA) is 33.2 Å². The maximum Gasteiger partial charge on any atom is 0.255 e. The Morgan fingerprint density at radius 2 is 2.44 bits per heavy atom. The molecule has 0 saturated carbocycles. The Kier molecular flexibility index (Phi) is 3.86. The zero-order valence-electron chi connectivity index (χ0n) is 9.02. The van der Waals surface area contributed by atoms with Crippen LogP contribution in [0.4, 0.5) is 0 Å². The molecule has 0 spiro atoms. The van der Waals surface area contributed by atoms with Crippen LogP contribution in [0.1, 0.15) is 17.3 Å². The largest absolute Gasteiger partial charge is 0.334 e. The number of carbonyl (C=O) groups is 1. The van der Waals surface area contributed by atoms with E-state index in [1.807, 2.05) is 22.7 Å². The number of pyridine rings is 1. The molecule has 1 aromatic heterocycles. The molecule has 1 saturated heterocycles. The van der Waals surface area contributed by atoms with Crippen LogP contribution in [0, 0.1) is 0 Å². The fraction of sp³-hybridized carbons (Fsp3) is 0.455. The van der Waals surface area contributed by atoms with Crippen LogP contribution in [0.2, 0.25) is 0 Å². The molecule has 1 aliphatic rings. The molecule has 2 heterocycles. The van der Waals surface area contributed by atoms with Crippen molar-refractivity contribution in [1.82, 2.24) is 9.88 Å². The van der Waals surface area contributed by atoms with Crippen LogP contribution in [0.15, 0.2) is 22.9 Å². The predicted octanol–water partition coefficient (Wildman–Crippen LogP) is 2.42. The van der Waals surface area contributed by atoms with Gasteiger partial charge in [-0.1, -0.05) is 0 Å². The smallest absolute Gasteiger partial charge is 0.255 e. The summed E-state index contributed by atoms with van der Waals surface area (Å²) in [6.07, 6.45) is 1.63. The first-order chi connectivity index (χ1) is 7.68. The van der Waals surface area contributed by atoms with Gasteiger partial charge >= 0.3 is 0 Å². The molecule has 0 N–H and O–H groups in total. The van der Waals surface area contributed by atoms with Crippen LogP contribution in [0.25, 0.3) is 0 Å². The van der Waals surface area contributed by atoms with Crippen LogP contribution in [0.5, 0.6) is 0 Å². The van der Waals surface area contributed by atoms with Gasteiger partial charge in [0.2, 0.25) is 0 Å². The molecule has 1 amide bonds. The molecular weight excluding hydrogens is 288 g/mol. The van der Waals surface area contributed by atoms with Crippen molar-refractivity contribution in [3.05, 3.63) is 28.5 Å². The van der Waals surface area contributed by atoms with E-state index in [9.17, 15) is 4.79 Å². The lowest BCUT2D eigenvalue weighted by atomic mass is 10.2. The monoisotopic (exact) mass is 300 g/mol. The van der Waals surface area contributed by atoms with Crippen LogP contribution in [0.3, 0.4) is 0 Å². The summed E-state index contributed by atoms with van der Waals surface area (Å²) in [5, 5.41) is 0. The maximum absolute atomic E-state index is 12.2. The molecule has 1 aromatic rings. The molecule has 0 aromatic carbocycles. The van der Waals surface area contributed by atoms with Gasteiger partial charge in [0.25, 0.3) is 5.91 Å². The normalized spacial score (nSPS) is 20.9. The zero-order chi connectivity index (χ0) is 11.5. The molecule has 1 unspecified atom stereocenters. The molecule has 1 atom stereocenters. The summed E-state index contributed by atoms with van der Waals surface area (Å²) in [4.78, 5) is 18.2. The highest BCUT2D eigenvalue weighted by Gasteiger charge is 2.24. The lowest BCUT2D eigenvalue weighted by Crippen LogP contribution is -2.44. The molecule has 0 bridgehead atoms. The third-order valence-electron chi connectivity index (χ3n) is 2.60. The van der Waals surface area contributed by atoms with Gasteiger partial charge in [-0.15, -0.1) is 0 Å². The van der Waals surface area contributed by atoms with Crippen LogP contribution in [-0.4, -0.2) is 39.9 Å². The quantitative estimate of drug-likeness (QED) is 0.747. The third-order valence-corrected chi connectivity index (χ3v) is 4.26. The lowest BCUT2D eigenvalue weighted by Gasteiger charge is -2.33. The Morgan fingerprint density at radius 1 is 1.62 bits per heavy atom. The van der Waals surface area contributed by atoms with Crippen molar-refractivity contribution in [2.75, 3.05) is 18.1 Å². The Bertz CT molecular complexity index is 382. The Hall–Kier alpha value is -0.550. The standard InChI is InChI=1S/C11H13BrN2OS/c1-8-7-16-5-4-14(8)11(15)9-2-3-10(12)13-6-9/h2-3,6,8H,4-5,7H2,1H3. The molecule has 3 nitrogen and oxygen atoms in total. The fourth-order valence-corrected chi connectivity index (χ4v) is 2.95. The second kappa shape index (κ2) is 5.19. The molecular formula is C11H13BrN2OS. The van der Waals surface area contributed by atoms with E-state index < -0.39 is 0 Å². The van der Waals surface area contributed by atoms with Gasteiger partial charge < -0.3 is 4.90 Å². The number of carbonyl (C=O) groups excluding carboxylic acids is 1. The number of nitrogens with zero attached hydrogens (tertiary/aromatic N) is 2. The van der Waals surface area contributed by atoms with Gasteiger partial charge in [0.1, 0.15) is 4.60 Å². The van der Waals surface area contributed by atoms with E-state index in [4.69, 9.17) is 0 Å². The number of halogens is 1. The van der Waals surface area contributed by atoms with Gasteiger partial charge in [-0.05, 0) is 35.0 Å².